The van der Waals surface area contributed by atoms with E-state index in [0.29, 0.717) is 17.9 Å². The zero-order valence-corrected chi connectivity index (χ0v) is 15.6. The average molecular weight is 377 g/mol. The van der Waals surface area contributed by atoms with Crippen LogP contribution in [-0.4, -0.2) is 55.2 Å². The van der Waals surface area contributed by atoms with Crippen LogP contribution in [0.25, 0.3) is 5.82 Å². The minimum absolute atomic E-state index is 0.122. The molecule has 0 saturated carbocycles. The van der Waals surface area contributed by atoms with E-state index in [1.54, 1.807) is 41.7 Å². The molecule has 1 fully saturated rings. The van der Waals surface area contributed by atoms with E-state index in [2.05, 4.69) is 36.4 Å². The first kappa shape index (κ1) is 18.2. The third-order valence-corrected chi connectivity index (χ3v) is 5.05. The summed E-state index contributed by atoms with van der Waals surface area (Å²) in [7, 11) is 0. The van der Waals surface area contributed by atoms with Gasteiger partial charge in [-0.3, -0.25) is 19.2 Å². The molecule has 1 saturated heterocycles. The fourth-order valence-corrected chi connectivity index (χ4v) is 3.57. The topological polar surface area (TPSA) is 88.8 Å². The molecule has 1 amide bonds. The second-order valence-corrected chi connectivity index (χ2v) is 6.88. The number of nitrogens with one attached hydrogen (secondary N) is 1. The predicted molar refractivity (Wildman–Crippen MR) is 104 cm³/mol. The van der Waals surface area contributed by atoms with Gasteiger partial charge >= 0.3 is 0 Å². The number of piperidine rings is 1. The summed E-state index contributed by atoms with van der Waals surface area (Å²) in [5.41, 5.74) is 1.69. The molecule has 3 aromatic heterocycles. The fraction of sp³-hybridized carbons (Fsp3) is 0.350. The van der Waals surface area contributed by atoms with Gasteiger partial charge in [-0.15, -0.1) is 10.2 Å². The van der Waals surface area contributed by atoms with Gasteiger partial charge in [0.2, 0.25) is 0 Å². The molecule has 0 spiro atoms. The largest absolute Gasteiger partial charge is 0.350 e. The highest BCUT2D eigenvalue weighted by Crippen LogP contribution is 2.23. The van der Waals surface area contributed by atoms with E-state index in [-0.39, 0.29) is 11.9 Å². The number of aromatic nitrogens is 5. The Labute approximate surface area is 163 Å². The number of carbonyl (C=O) groups excluding carboxylic acids is 1. The highest BCUT2D eigenvalue weighted by atomic mass is 16.1. The van der Waals surface area contributed by atoms with Crippen molar-refractivity contribution in [3.8, 4) is 5.82 Å². The smallest absolute Gasteiger partial charge is 0.251 e. The maximum Gasteiger partial charge on any atom is 0.251 e. The van der Waals surface area contributed by atoms with Gasteiger partial charge in [0.1, 0.15) is 18.5 Å². The molecular weight excluding hydrogens is 354 g/mol. The maximum atomic E-state index is 12.8. The standard InChI is InChI=1S/C20H23N7O/c28-20(16-6-8-22-19(11-16)27-14-24-25-15-27)23-13-18(17-5-4-7-21-12-17)26-9-2-1-3-10-26/h4-8,11-12,14-15,18H,1-3,9-10,13H2,(H,23,28)/t18-/m0/s1. The van der Waals surface area contributed by atoms with Gasteiger partial charge in [0.15, 0.2) is 0 Å². The molecule has 0 bridgehead atoms. The quantitative estimate of drug-likeness (QED) is 0.707. The van der Waals surface area contributed by atoms with Crippen molar-refractivity contribution in [3.63, 3.8) is 0 Å². The minimum atomic E-state index is -0.123. The van der Waals surface area contributed by atoms with Gasteiger partial charge in [-0.1, -0.05) is 12.5 Å². The molecule has 1 atom stereocenters. The summed E-state index contributed by atoms with van der Waals surface area (Å²) in [5.74, 6) is 0.486. The molecule has 28 heavy (non-hydrogen) atoms. The first-order valence-electron chi connectivity index (χ1n) is 9.54. The Bertz CT molecular complexity index is 892. The molecule has 0 radical (unpaired) electrons. The first-order chi connectivity index (χ1) is 13.8. The van der Waals surface area contributed by atoms with Crippen LogP contribution < -0.4 is 5.32 Å². The Balaban J connectivity index is 1.47. The molecule has 8 nitrogen and oxygen atoms in total. The number of rotatable bonds is 6. The van der Waals surface area contributed by atoms with Crippen LogP contribution in [0.5, 0.6) is 0 Å². The van der Waals surface area contributed by atoms with Crippen molar-refractivity contribution in [3.05, 3.63) is 66.6 Å². The summed E-state index contributed by atoms with van der Waals surface area (Å²) in [5, 5.41) is 10.6. The number of pyridine rings is 2. The van der Waals surface area contributed by atoms with E-state index in [9.17, 15) is 4.79 Å². The molecule has 3 aromatic rings. The second-order valence-electron chi connectivity index (χ2n) is 6.88. The van der Waals surface area contributed by atoms with Crippen molar-refractivity contribution in [2.24, 2.45) is 0 Å². The number of nitrogens with zero attached hydrogens (tertiary/aromatic N) is 6. The van der Waals surface area contributed by atoms with E-state index < -0.39 is 0 Å². The van der Waals surface area contributed by atoms with Gasteiger partial charge in [0, 0.05) is 30.7 Å². The summed E-state index contributed by atoms with van der Waals surface area (Å²) in [6.07, 6.45) is 12.0. The first-order valence-corrected chi connectivity index (χ1v) is 9.54. The molecular formula is C20H23N7O. The van der Waals surface area contributed by atoms with Crippen molar-refractivity contribution < 1.29 is 4.79 Å². The van der Waals surface area contributed by atoms with Crippen molar-refractivity contribution in [1.29, 1.82) is 0 Å². The highest BCUT2D eigenvalue weighted by molar-refractivity contribution is 5.94. The summed E-state index contributed by atoms with van der Waals surface area (Å²) >= 11 is 0. The molecule has 1 aliphatic heterocycles. The average Bonchev–Trinajstić information content (AvgIpc) is 3.30. The number of likely N-dealkylation sites (tertiary alicyclic amines) is 1. The fourth-order valence-electron chi connectivity index (χ4n) is 3.57. The minimum Gasteiger partial charge on any atom is -0.350 e. The number of amides is 1. The molecule has 0 aromatic carbocycles. The van der Waals surface area contributed by atoms with Crippen LogP contribution in [0.4, 0.5) is 0 Å². The van der Waals surface area contributed by atoms with Gasteiger partial charge in [0.05, 0.1) is 6.04 Å². The Morgan fingerprint density at radius 2 is 1.93 bits per heavy atom. The normalized spacial score (nSPS) is 15.9. The van der Waals surface area contributed by atoms with E-state index >= 15 is 0 Å². The van der Waals surface area contributed by atoms with Crippen LogP contribution in [0, 0.1) is 0 Å². The number of hydrogen-bond donors (Lipinski definition) is 1. The van der Waals surface area contributed by atoms with Gasteiger partial charge in [-0.05, 0) is 49.7 Å². The van der Waals surface area contributed by atoms with Crippen LogP contribution in [0.15, 0.2) is 55.5 Å². The lowest BCUT2D eigenvalue weighted by Crippen LogP contribution is -2.40. The van der Waals surface area contributed by atoms with Crippen LogP contribution in [0.3, 0.4) is 0 Å². The Morgan fingerprint density at radius 3 is 2.68 bits per heavy atom. The molecule has 8 heteroatoms. The zero-order chi connectivity index (χ0) is 19.2. The SMILES string of the molecule is O=C(NC[C@@H](c1cccnc1)N1CCCCC1)c1ccnc(-n2cnnc2)c1. The number of hydrogen-bond acceptors (Lipinski definition) is 6. The van der Waals surface area contributed by atoms with Crippen LogP contribution in [-0.2, 0) is 0 Å². The lowest BCUT2D eigenvalue weighted by atomic mass is 10.0. The van der Waals surface area contributed by atoms with Gasteiger partial charge < -0.3 is 5.32 Å². The summed E-state index contributed by atoms with van der Waals surface area (Å²) in [4.78, 5) is 23.7. The van der Waals surface area contributed by atoms with Crippen molar-refractivity contribution >= 4 is 5.91 Å². The maximum absolute atomic E-state index is 12.8. The van der Waals surface area contributed by atoms with Gasteiger partial charge in [0.25, 0.3) is 5.91 Å². The predicted octanol–water partition coefficient (Wildman–Crippen LogP) is 2.01. The summed E-state index contributed by atoms with van der Waals surface area (Å²) in [6.45, 7) is 2.62. The van der Waals surface area contributed by atoms with Crippen LogP contribution in [0.1, 0.15) is 41.2 Å². The summed E-state index contributed by atoms with van der Waals surface area (Å²) < 4.78 is 1.67. The third-order valence-electron chi connectivity index (χ3n) is 5.05. The zero-order valence-electron chi connectivity index (χ0n) is 15.6. The molecule has 4 rings (SSSR count). The lowest BCUT2D eigenvalue weighted by Gasteiger charge is -2.34. The highest BCUT2D eigenvalue weighted by Gasteiger charge is 2.23. The van der Waals surface area contributed by atoms with E-state index in [4.69, 9.17) is 0 Å². The molecule has 0 unspecified atom stereocenters. The Hall–Kier alpha value is -3.13. The molecule has 0 aliphatic carbocycles. The van der Waals surface area contributed by atoms with Gasteiger partial charge in [-0.2, -0.15) is 0 Å². The van der Waals surface area contributed by atoms with Crippen molar-refractivity contribution in [2.75, 3.05) is 19.6 Å². The molecule has 4 heterocycles. The lowest BCUT2D eigenvalue weighted by molar-refractivity contribution is 0.0924. The Kier molecular flexibility index (Phi) is 5.67. The molecule has 1 aliphatic rings. The van der Waals surface area contributed by atoms with E-state index in [0.717, 1.165) is 18.7 Å². The van der Waals surface area contributed by atoms with E-state index in [1.165, 1.54) is 19.3 Å². The van der Waals surface area contributed by atoms with Crippen molar-refractivity contribution in [1.82, 2.24) is 34.9 Å². The van der Waals surface area contributed by atoms with E-state index in [1.807, 2.05) is 12.3 Å². The molecule has 1 N–H and O–H groups in total. The second kappa shape index (κ2) is 8.71. The molecule has 144 valence electrons. The Morgan fingerprint density at radius 1 is 1.11 bits per heavy atom. The number of carbonyl (C=O) groups is 1. The van der Waals surface area contributed by atoms with Crippen molar-refractivity contribution in [2.45, 2.75) is 25.3 Å². The van der Waals surface area contributed by atoms with Crippen LogP contribution >= 0.6 is 0 Å². The summed E-state index contributed by atoms with van der Waals surface area (Å²) in [6, 6.07) is 7.59. The van der Waals surface area contributed by atoms with Gasteiger partial charge in [-0.25, -0.2) is 4.98 Å². The monoisotopic (exact) mass is 377 g/mol. The van der Waals surface area contributed by atoms with Crippen LogP contribution in [0.2, 0.25) is 0 Å². The third kappa shape index (κ3) is 4.23.